The van der Waals surface area contributed by atoms with Gasteiger partial charge in [-0.3, -0.25) is 4.79 Å². The second kappa shape index (κ2) is 5.78. The lowest BCUT2D eigenvalue weighted by Crippen LogP contribution is -2.62. The molecule has 0 aliphatic carbocycles. The molecule has 1 aromatic heterocycles. The Morgan fingerprint density at radius 2 is 2.20 bits per heavy atom. The first-order valence-corrected chi connectivity index (χ1v) is 7.00. The van der Waals surface area contributed by atoms with E-state index in [0.29, 0.717) is 37.5 Å². The van der Waals surface area contributed by atoms with Crippen LogP contribution in [0.2, 0.25) is 0 Å². The fraction of sp³-hybridized carbons (Fsp3) is 0.769. The molecule has 2 N–H and O–H groups in total. The summed E-state index contributed by atoms with van der Waals surface area (Å²) in [5, 5.41) is 14.2. The van der Waals surface area contributed by atoms with E-state index in [1.165, 1.54) is 0 Å². The summed E-state index contributed by atoms with van der Waals surface area (Å²) < 4.78 is 5.65. The summed E-state index contributed by atoms with van der Waals surface area (Å²) in [5.41, 5.74) is -0.673. The monoisotopic (exact) mass is 281 g/mol. The van der Waals surface area contributed by atoms with Crippen LogP contribution in [-0.4, -0.2) is 41.3 Å². The van der Waals surface area contributed by atoms with Crippen molar-refractivity contribution in [3.8, 4) is 0 Å². The standard InChI is InChI=1S/C13H23N5O2/c1-9(2)7-14-8-10-16-17-12(20-10)18-6-5-15-11(19)13(18,3)4/h9,14H,5-8H2,1-4H3,(H,15,19). The molecule has 1 aliphatic rings. The number of carbonyl (C=O) groups excluding carboxylic acids is 1. The van der Waals surface area contributed by atoms with E-state index in [1.807, 2.05) is 18.7 Å². The molecule has 2 heterocycles. The van der Waals surface area contributed by atoms with Gasteiger partial charge in [0, 0.05) is 13.1 Å². The summed E-state index contributed by atoms with van der Waals surface area (Å²) in [5.74, 6) is 1.09. The molecular weight excluding hydrogens is 258 g/mol. The highest BCUT2D eigenvalue weighted by molar-refractivity contribution is 5.89. The van der Waals surface area contributed by atoms with E-state index < -0.39 is 5.54 Å². The molecule has 0 aromatic carbocycles. The van der Waals surface area contributed by atoms with Crippen LogP contribution in [0.4, 0.5) is 6.01 Å². The van der Waals surface area contributed by atoms with Gasteiger partial charge in [-0.1, -0.05) is 18.9 Å². The Morgan fingerprint density at radius 3 is 2.90 bits per heavy atom. The predicted octanol–water partition coefficient (Wildman–Crippen LogP) is 0.530. The third-order valence-electron chi connectivity index (χ3n) is 3.37. The SMILES string of the molecule is CC(C)CNCc1nnc(N2CCNC(=O)C2(C)C)o1. The van der Waals surface area contributed by atoms with Gasteiger partial charge in [-0.2, -0.15) is 0 Å². The maximum absolute atomic E-state index is 11.9. The van der Waals surface area contributed by atoms with E-state index in [4.69, 9.17) is 4.42 Å². The number of piperazine rings is 1. The minimum absolute atomic E-state index is 0.0265. The molecule has 0 radical (unpaired) electrons. The van der Waals surface area contributed by atoms with Gasteiger partial charge in [0.25, 0.3) is 0 Å². The molecule has 7 nitrogen and oxygen atoms in total. The zero-order valence-corrected chi connectivity index (χ0v) is 12.6. The summed E-state index contributed by atoms with van der Waals surface area (Å²) in [7, 11) is 0. The minimum atomic E-state index is -0.673. The van der Waals surface area contributed by atoms with Crippen LogP contribution in [0.1, 0.15) is 33.6 Å². The molecule has 1 amide bonds. The van der Waals surface area contributed by atoms with Gasteiger partial charge in [0.15, 0.2) is 0 Å². The Kier molecular flexibility index (Phi) is 4.27. The number of aromatic nitrogens is 2. The summed E-state index contributed by atoms with van der Waals surface area (Å²) >= 11 is 0. The Morgan fingerprint density at radius 1 is 1.45 bits per heavy atom. The number of hydrogen-bond acceptors (Lipinski definition) is 6. The van der Waals surface area contributed by atoms with Crippen LogP contribution in [0.15, 0.2) is 4.42 Å². The number of amides is 1. The summed E-state index contributed by atoms with van der Waals surface area (Å²) in [6.07, 6.45) is 0. The van der Waals surface area contributed by atoms with Crippen molar-refractivity contribution in [1.82, 2.24) is 20.8 Å². The zero-order valence-electron chi connectivity index (χ0n) is 12.6. The van der Waals surface area contributed by atoms with Gasteiger partial charge in [0.1, 0.15) is 5.54 Å². The summed E-state index contributed by atoms with van der Waals surface area (Å²) in [4.78, 5) is 13.8. The molecule has 0 atom stereocenters. The van der Waals surface area contributed by atoms with Gasteiger partial charge in [0.2, 0.25) is 11.8 Å². The maximum atomic E-state index is 11.9. The second-order valence-corrected chi connectivity index (χ2v) is 5.97. The molecule has 0 bridgehead atoms. The number of hydrogen-bond donors (Lipinski definition) is 2. The highest BCUT2D eigenvalue weighted by Crippen LogP contribution is 2.24. The highest BCUT2D eigenvalue weighted by Gasteiger charge is 2.40. The Bertz CT molecular complexity index is 469. The molecule has 0 spiro atoms. The molecule has 1 aromatic rings. The third kappa shape index (κ3) is 3.09. The van der Waals surface area contributed by atoms with E-state index in [1.54, 1.807) is 0 Å². The van der Waals surface area contributed by atoms with Crippen molar-refractivity contribution in [2.75, 3.05) is 24.5 Å². The molecule has 0 unspecified atom stereocenters. The van der Waals surface area contributed by atoms with Gasteiger partial charge in [-0.05, 0) is 26.3 Å². The van der Waals surface area contributed by atoms with Crippen molar-refractivity contribution in [2.45, 2.75) is 39.8 Å². The van der Waals surface area contributed by atoms with Gasteiger partial charge < -0.3 is 20.0 Å². The van der Waals surface area contributed by atoms with Crippen molar-refractivity contribution in [3.05, 3.63) is 5.89 Å². The molecule has 2 rings (SSSR count). The molecule has 7 heteroatoms. The van der Waals surface area contributed by atoms with Gasteiger partial charge in [0.05, 0.1) is 6.54 Å². The predicted molar refractivity (Wildman–Crippen MR) is 75.3 cm³/mol. The second-order valence-electron chi connectivity index (χ2n) is 5.97. The van der Waals surface area contributed by atoms with Crippen molar-refractivity contribution in [1.29, 1.82) is 0 Å². The van der Waals surface area contributed by atoms with Crippen LogP contribution in [0.3, 0.4) is 0 Å². The minimum Gasteiger partial charge on any atom is -0.407 e. The smallest absolute Gasteiger partial charge is 0.319 e. The van der Waals surface area contributed by atoms with Crippen LogP contribution < -0.4 is 15.5 Å². The fourth-order valence-electron chi connectivity index (χ4n) is 2.13. The number of rotatable bonds is 5. The number of carbonyl (C=O) groups is 1. The van der Waals surface area contributed by atoms with Gasteiger partial charge in [-0.25, -0.2) is 0 Å². The number of anilines is 1. The Balaban J connectivity index is 2.02. The van der Waals surface area contributed by atoms with Crippen molar-refractivity contribution >= 4 is 11.9 Å². The zero-order chi connectivity index (χ0) is 14.8. The average molecular weight is 281 g/mol. The normalized spacial score (nSPS) is 18.4. The lowest BCUT2D eigenvalue weighted by molar-refractivity contribution is -0.126. The first-order valence-electron chi connectivity index (χ1n) is 7.00. The molecular formula is C13H23N5O2. The summed E-state index contributed by atoms with van der Waals surface area (Å²) in [6, 6.07) is 0.409. The van der Waals surface area contributed by atoms with Crippen molar-refractivity contribution < 1.29 is 9.21 Å². The topological polar surface area (TPSA) is 83.3 Å². The average Bonchev–Trinajstić information content (AvgIpc) is 2.80. The lowest BCUT2D eigenvalue weighted by atomic mass is 10.00. The lowest BCUT2D eigenvalue weighted by Gasteiger charge is -2.39. The molecule has 0 saturated carbocycles. The maximum Gasteiger partial charge on any atom is 0.319 e. The van der Waals surface area contributed by atoms with Crippen molar-refractivity contribution in [3.63, 3.8) is 0 Å². The molecule has 20 heavy (non-hydrogen) atoms. The van der Waals surface area contributed by atoms with Gasteiger partial charge in [-0.15, -0.1) is 5.10 Å². The highest BCUT2D eigenvalue weighted by atomic mass is 16.4. The quantitative estimate of drug-likeness (QED) is 0.819. The number of nitrogens with one attached hydrogen (secondary N) is 2. The fourth-order valence-corrected chi connectivity index (χ4v) is 2.13. The Labute approximate surface area is 119 Å². The van der Waals surface area contributed by atoms with Crippen LogP contribution in [0, 0.1) is 5.92 Å². The molecule has 1 fully saturated rings. The van der Waals surface area contributed by atoms with E-state index >= 15 is 0 Å². The summed E-state index contributed by atoms with van der Waals surface area (Å²) in [6.45, 7) is 10.7. The van der Waals surface area contributed by atoms with E-state index in [0.717, 1.165) is 6.54 Å². The van der Waals surface area contributed by atoms with Crippen molar-refractivity contribution in [2.24, 2.45) is 5.92 Å². The van der Waals surface area contributed by atoms with Crippen LogP contribution in [-0.2, 0) is 11.3 Å². The third-order valence-corrected chi connectivity index (χ3v) is 3.37. The molecule has 112 valence electrons. The molecule has 1 aliphatic heterocycles. The first kappa shape index (κ1) is 14.8. The van der Waals surface area contributed by atoms with E-state index in [2.05, 4.69) is 34.7 Å². The van der Waals surface area contributed by atoms with E-state index in [9.17, 15) is 4.79 Å². The Hall–Kier alpha value is -1.63. The van der Waals surface area contributed by atoms with Crippen LogP contribution >= 0.6 is 0 Å². The van der Waals surface area contributed by atoms with Gasteiger partial charge >= 0.3 is 6.01 Å². The van der Waals surface area contributed by atoms with E-state index in [-0.39, 0.29) is 5.91 Å². The number of nitrogens with zero attached hydrogens (tertiary/aromatic N) is 3. The largest absolute Gasteiger partial charge is 0.407 e. The first-order chi connectivity index (χ1) is 9.41. The van der Waals surface area contributed by atoms with Crippen LogP contribution in [0.25, 0.3) is 0 Å². The molecule has 1 saturated heterocycles. The van der Waals surface area contributed by atoms with Crippen LogP contribution in [0.5, 0.6) is 0 Å².